The van der Waals surface area contributed by atoms with E-state index in [1.54, 1.807) is 4.31 Å². The first-order valence-corrected chi connectivity index (χ1v) is 13.8. The van der Waals surface area contributed by atoms with Gasteiger partial charge in [0.1, 0.15) is 0 Å². The van der Waals surface area contributed by atoms with Gasteiger partial charge in [0, 0.05) is 58.4 Å². The Kier molecular flexibility index (Phi) is 10.8. The maximum atomic E-state index is 11.7. The summed E-state index contributed by atoms with van der Waals surface area (Å²) >= 11 is 0. The normalized spacial score (nSPS) is 29.3. The summed E-state index contributed by atoms with van der Waals surface area (Å²) in [5, 5.41) is 3.46. The van der Waals surface area contributed by atoms with Gasteiger partial charge >= 0.3 is 0 Å². The fraction of sp³-hybridized carbons (Fsp3) is 0.955. The Hall–Kier alpha value is -0.130. The number of aliphatic imine (C=N–C) groups is 1. The lowest BCUT2D eigenvalue weighted by molar-refractivity contribution is 0.0864. The van der Waals surface area contributed by atoms with Gasteiger partial charge < -0.3 is 10.2 Å². The summed E-state index contributed by atoms with van der Waals surface area (Å²) in [6, 6.07) is 0.766. The Morgan fingerprint density at radius 3 is 2.19 bits per heavy atom. The second kappa shape index (κ2) is 12.4. The molecule has 0 bridgehead atoms. The number of hydrogen-bond acceptors (Lipinski definition) is 4. The minimum Gasteiger partial charge on any atom is -0.357 e. The number of rotatable bonds is 6. The maximum absolute atomic E-state index is 11.7. The van der Waals surface area contributed by atoms with E-state index < -0.39 is 10.0 Å². The second-order valence-electron chi connectivity index (χ2n) is 9.81. The highest BCUT2D eigenvalue weighted by Gasteiger charge is 2.31. The quantitative estimate of drug-likeness (QED) is 0.303. The molecule has 31 heavy (non-hydrogen) atoms. The van der Waals surface area contributed by atoms with E-state index in [9.17, 15) is 8.42 Å². The molecule has 2 heterocycles. The Balaban J connectivity index is 0.00000341. The second-order valence-corrected chi connectivity index (χ2v) is 11.8. The fourth-order valence-electron chi connectivity index (χ4n) is 5.32. The Bertz CT molecular complexity index is 671. The van der Waals surface area contributed by atoms with Crippen molar-refractivity contribution in [3.05, 3.63) is 0 Å². The van der Waals surface area contributed by atoms with Crippen molar-refractivity contribution in [3.63, 3.8) is 0 Å². The number of piperazine rings is 1. The van der Waals surface area contributed by atoms with Crippen LogP contribution in [0.1, 0.15) is 52.9 Å². The van der Waals surface area contributed by atoms with Gasteiger partial charge in [-0.05, 0) is 56.8 Å². The molecular formula is C22H44IN5O2S. The molecule has 3 aliphatic rings. The van der Waals surface area contributed by atoms with Gasteiger partial charge in [-0.3, -0.25) is 9.89 Å². The van der Waals surface area contributed by atoms with Crippen molar-refractivity contribution in [1.82, 2.24) is 19.4 Å². The monoisotopic (exact) mass is 569 g/mol. The molecule has 1 saturated carbocycles. The summed E-state index contributed by atoms with van der Waals surface area (Å²) in [4.78, 5) is 9.99. The molecule has 9 heteroatoms. The number of nitrogens with zero attached hydrogens (tertiary/aromatic N) is 4. The summed E-state index contributed by atoms with van der Waals surface area (Å²) in [6.07, 6.45) is 7.70. The summed E-state index contributed by atoms with van der Waals surface area (Å²) in [6.45, 7) is 13.9. The van der Waals surface area contributed by atoms with Gasteiger partial charge in [-0.15, -0.1) is 24.0 Å². The molecule has 182 valence electrons. The zero-order valence-electron chi connectivity index (χ0n) is 19.9. The van der Waals surface area contributed by atoms with E-state index in [2.05, 4.69) is 35.9 Å². The van der Waals surface area contributed by atoms with Gasteiger partial charge in [-0.25, -0.2) is 12.7 Å². The van der Waals surface area contributed by atoms with Crippen LogP contribution in [0, 0.1) is 17.8 Å². The van der Waals surface area contributed by atoms with Crippen LogP contribution in [0.4, 0.5) is 0 Å². The van der Waals surface area contributed by atoms with Crippen LogP contribution in [-0.4, -0.2) is 93.1 Å². The SMILES string of the molecule is CCNC(=NCC1CCN(S(C)(=O)=O)C1)N1CCN(C2CCC(C(C)C)CC2)CC1.I. The van der Waals surface area contributed by atoms with E-state index in [-0.39, 0.29) is 24.0 Å². The van der Waals surface area contributed by atoms with E-state index in [0.717, 1.165) is 63.0 Å². The van der Waals surface area contributed by atoms with E-state index in [4.69, 9.17) is 4.99 Å². The Morgan fingerprint density at radius 2 is 1.68 bits per heavy atom. The molecular weight excluding hydrogens is 525 g/mol. The van der Waals surface area contributed by atoms with Crippen molar-refractivity contribution in [3.8, 4) is 0 Å². The van der Waals surface area contributed by atoms with Crippen molar-refractivity contribution >= 4 is 40.0 Å². The average Bonchev–Trinajstić information content (AvgIpc) is 3.21. The number of nitrogens with one attached hydrogen (secondary N) is 1. The zero-order chi connectivity index (χ0) is 21.7. The smallest absolute Gasteiger partial charge is 0.211 e. The van der Waals surface area contributed by atoms with Crippen molar-refractivity contribution in [1.29, 1.82) is 0 Å². The first-order chi connectivity index (χ1) is 14.3. The lowest BCUT2D eigenvalue weighted by Crippen LogP contribution is -2.55. The topological polar surface area (TPSA) is 68.2 Å². The van der Waals surface area contributed by atoms with Crippen molar-refractivity contribution in [2.75, 3.05) is 58.6 Å². The van der Waals surface area contributed by atoms with Gasteiger partial charge in [0.05, 0.1) is 6.26 Å². The van der Waals surface area contributed by atoms with Crippen LogP contribution in [0.3, 0.4) is 0 Å². The molecule has 0 aromatic rings. The lowest BCUT2D eigenvalue weighted by atomic mass is 9.79. The summed E-state index contributed by atoms with van der Waals surface area (Å²) in [7, 11) is -3.08. The number of sulfonamides is 1. The van der Waals surface area contributed by atoms with Crippen LogP contribution in [0.5, 0.6) is 0 Å². The molecule has 2 aliphatic heterocycles. The minimum atomic E-state index is -3.08. The molecule has 1 aliphatic carbocycles. The van der Waals surface area contributed by atoms with Crippen LogP contribution in [0.15, 0.2) is 4.99 Å². The molecule has 1 atom stereocenters. The lowest BCUT2D eigenvalue weighted by Gasteiger charge is -2.43. The van der Waals surface area contributed by atoms with Gasteiger partial charge in [0.2, 0.25) is 10.0 Å². The third-order valence-corrected chi connectivity index (χ3v) is 8.64. The largest absolute Gasteiger partial charge is 0.357 e. The fourth-order valence-corrected chi connectivity index (χ4v) is 6.24. The van der Waals surface area contributed by atoms with E-state index in [1.807, 2.05) is 0 Å². The van der Waals surface area contributed by atoms with Crippen LogP contribution in [0.25, 0.3) is 0 Å². The molecule has 7 nitrogen and oxygen atoms in total. The molecule has 0 spiro atoms. The van der Waals surface area contributed by atoms with Crippen molar-refractivity contribution in [2.24, 2.45) is 22.7 Å². The third kappa shape index (κ3) is 7.71. The van der Waals surface area contributed by atoms with Crippen LogP contribution < -0.4 is 5.32 Å². The highest BCUT2D eigenvalue weighted by molar-refractivity contribution is 14.0. The van der Waals surface area contributed by atoms with Gasteiger partial charge in [-0.1, -0.05) is 13.8 Å². The maximum Gasteiger partial charge on any atom is 0.211 e. The zero-order valence-corrected chi connectivity index (χ0v) is 23.1. The molecule has 0 radical (unpaired) electrons. The number of halogens is 1. The van der Waals surface area contributed by atoms with Crippen LogP contribution >= 0.6 is 24.0 Å². The van der Waals surface area contributed by atoms with Crippen molar-refractivity contribution < 1.29 is 8.42 Å². The van der Waals surface area contributed by atoms with Crippen LogP contribution in [-0.2, 0) is 10.0 Å². The molecule has 2 saturated heterocycles. The van der Waals surface area contributed by atoms with Crippen LogP contribution in [0.2, 0.25) is 0 Å². The minimum absolute atomic E-state index is 0. The summed E-state index contributed by atoms with van der Waals surface area (Å²) < 4.78 is 25.1. The molecule has 0 amide bonds. The molecule has 3 rings (SSSR count). The van der Waals surface area contributed by atoms with E-state index >= 15 is 0 Å². The molecule has 0 aromatic heterocycles. The third-order valence-electron chi connectivity index (χ3n) is 7.37. The van der Waals surface area contributed by atoms with Gasteiger partial charge in [0.15, 0.2) is 5.96 Å². The molecule has 1 unspecified atom stereocenters. The standard InChI is InChI=1S/C22H43N5O2S.HI/c1-5-23-22(24-16-19-10-11-27(17-19)30(4,28)29)26-14-12-25(13-15-26)21-8-6-20(7-9-21)18(2)3;/h18-21H,5-17H2,1-4H3,(H,23,24);1H. The summed E-state index contributed by atoms with van der Waals surface area (Å²) in [5.74, 6) is 3.07. The first-order valence-electron chi connectivity index (χ1n) is 12.0. The van der Waals surface area contributed by atoms with E-state index in [1.165, 1.54) is 31.9 Å². The van der Waals surface area contributed by atoms with E-state index in [0.29, 0.717) is 25.6 Å². The summed E-state index contributed by atoms with van der Waals surface area (Å²) in [5.41, 5.74) is 0. The first kappa shape index (κ1) is 27.1. The number of guanidine groups is 1. The predicted octanol–water partition coefficient (Wildman–Crippen LogP) is 2.68. The Morgan fingerprint density at radius 1 is 1.03 bits per heavy atom. The molecule has 0 aromatic carbocycles. The number of hydrogen-bond donors (Lipinski definition) is 1. The predicted molar refractivity (Wildman–Crippen MR) is 140 cm³/mol. The van der Waals surface area contributed by atoms with Gasteiger partial charge in [0.25, 0.3) is 0 Å². The highest BCUT2D eigenvalue weighted by atomic mass is 127. The molecule has 3 fully saturated rings. The van der Waals surface area contributed by atoms with Crippen molar-refractivity contribution in [2.45, 2.75) is 58.9 Å². The van der Waals surface area contributed by atoms with Gasteiger partial charge in [-0.2, -0.15) is 0 Å². The molecule has 1 N–H and O–H groups in total. The highest BCUT2D eigenvalue weighted by Crippen LogP contribution is 2.32. The average molecular weight is 570 g/mol. The Labute approximate surface area is 207 Å².